The van der Waals surface area contributed by atoms with Gasteiger partial charge in [0.2, 0.25) is 5.69 Å². The largest absolute Gasteiger partial charge is 0.364 e. The fourth-order valence-corrected chi connectivity index (χ4v) is 2.88. The summed E-state index contributed by atoms with van der Waals surface area (Å²) in [6.07, 6.45) is 2.73. The van der Waals surface area contributed by atoms with Crippen molar-refractivity contribution in [3.05, 3.63) is 21.5 Å². The molecule has 20 heavy (non-hydrogen) atoms. The molecular formula is C12H20N5O3+. The number of nitrogens with two attached hydrogens (primary N) is 1. The Morgan fingerprint density at radius 3 is 2.55 bits per heavy atom. The van der Waals surface area contributed by atoms with E-state index in [0.717, 1.165) is 30.4 Å². The van der Waals surface area contributed by atoms with Crippen LogP contribution in [-0.4, -0.2) is 45.2 Å². The van der Waals surface area contributed by atoms with Gasteiger partial charge in [-0.3, -0.25) is 14.9 Å². The van der Waals surface area contributed by atoms with Gasteiger partial charge in [0.15, 0.2) is 6.67 Å². The Morgan fingerprint density at radius 1 is 1.50 bits per heavy atom. The van der Waals surface area contributed by atoms with Crippen molar-refractivity contribution in [2.45, 2.75) is 32.9 Å². The van der Waals surface area contributed by atoms with E-state index in [1.54, 1.807) is 4.68 Å². The molecule has 1 aliphatic heterocycles. The molecule has 1 saturated heterocycles. The van der Waals surface area contributed by atoms with Gasteiger partial charge in [0.1, 0.15) is 5.69 Å². The van der Waals surface area contributed by atoms with E-state index in [2.05, 4.69) is 12.1 Å². The van der Waals surface area contributed by atoms with Gasteiger partial charge in [0.25, 0.3) is 5.91 Å². The Morgan fingerprint density at radius 2 is 2.10 bits per heavy atom. The fourth-order valence-electron chi connectivity index (χ4n) is 2.88. The number of hydrogen-bond donors (Lipinski definition) is 1. The summed E-state index contributed by atoms with van der Waals surface area (Å²) in [4.78, 5) is 22.0. The van der Waals surface area contributed by atoms with Gasteiger partial charge >= 0.3 is 5.69 Å². The van der Waals surface area contributed by atoms with E-state index in [-0.39, 0.29) is 11.4 Å². The van der Waals surface area contributed by atoms with Crippen LogP contribution in [0.5, 0.6) is 0 Å². The molecule has 0 saturated carbocycles. The molecule has 0 radical (unpaired) electrons. The molecule has 1 fully saturated rings. The van der Waals surface area contributed by atoms with Crippen molar-refractivity contribution in [3.63, 3.8) is 0 Å². The van der Waals surface area contributed by atoms with Crippen LogP contribution >= 0.6 is 0 Å². The summed E-state index contributed by atoms with van der Waals surface area (Å²) >= 11 is 0. The number of aromatic nitrogens is 2. The van der Waals surface area contributed by atoms with Gasteiger partial charge < -0.3 is 10.2 Å². The van der Waals surface area contributed by atoms with Gasteiger partial charge in [-0.25, -0.2) is 4.68 Å². The predicted molar refractivity (Wildman–Crippen MR) is 71.9 cm³/mol. The van der Waals surface area contributed by atoms with Crippen molar-refractivity contribution in [1.29, 1.82) is 0 Å². The van der Waals surface area contributed by atoms with E-state index < -0.39 is 10.8 Å². The minimum Gasteiger partial charge on any atom is -0.364 e. The molecule has 0 spiro atoms. The normalized spacial score (nSPS) is 17.3. The number of rotatable bonds is 5. The Balaban J connectivity index is 2.45. The molecule has 110 valence electrons. The third kappa shape index (κ3) is 2.51. The smallest absolute Gasteiger partial charge is 0.323 e. The van der Waals surface area contributed by atoms with Crippen LogP contribution < -0.4 is 5.73 Å². The highest BCUT2D eigenvalue weighted by molar-refractivity contribution is 5.95. The molecule has 0 aromatic carbocycles. The summed E-state index contributed by atoms with van der Waals surface area (Å²) in [5, 5.41) is 15.3. The molecule has 1 aliphatic rings. The first-order chi connectivity index (χ1) is 9.38. The van der Waals surface area contributed by atoms with E-state index in [9.17, 15) is 14.9 Å². The lowest BCUT2D eigenvalue weighted by atomic mass is 10.2. The van der Waals surface area contributed by atoms with Gasteiger partial charge in [0.05, 0.1) is 25.1 Å². The number of carbonyl (C=O) groups is 1. The minimum atomic E-state index is -0.853. The Hall–Kier alpha value is -1.96. The number of nitrogens with zero attached hydrogens (tertiary/aromatic N) is 4. The molecule has 0 bridgehead atoms. The van der Waals surface area contributed by atoms with Crippen molar-refractivity contribution in [2.75, 3.05) is 20.1 Å². The highest BCUT2D eigenvalue weighted by Crippen LogP contribution is 2.26. The van der Waals surface area contributed by atoms with Crippen molar-refractivity contribution in [2.24, 2.45) is 5.73 Å². The zero-order chi connectivity index (χ0) is 14.9. The molecule has 0 atom stereocenters. The van der Waals surface area contributed by atoms with Crippen LogP contribution in [0, 0.1) is 10.1 Å². The first kappa shape index (κ1) is 14.4. The lowest BCUT2D eigenvalue weighted by Crippen LogP contribution is -2.42. The summed E-state index contributed by atoms with van der Waals surface area (Å²) in [5.41, 5.74) is 5.19. The number of amides is 1. The van der Waals surface area contributed by atoms with Crippen molar-refractivity contribution >= 4 is 11.6 Å². The van der Waals surface area contributed by atoms with Crippen LogP contribution in [0.1, 0.15) is 35.9 Å². The monoisotopic (exact) mass is 282 g/mol. The lowest BCUT2D eigenvalue weighted by Gasteiger charge is -2.29. The van der Waals surface area contributed by atoms with Crippen LogP contribution in [0.4, 0.5) is 5.69 Å². The van der Waals surface area contributed by atoms with Gasteiger partial charge in [0, 0.05) is 12.8 Å². The number of likely N-dealkylation sites (tertiary alicyclic amines) is 1. The van der Waals surface area contributed by atoms with Crippen LogP contribution in [0.15, 0.2) is 0 Å². The summed E-state index contributed by atoms with van der Waals surface area (Å²) < 4.78 is 2.37. The van der Waals surface area contributed by atoms with Gasteiger partial charge in [-0.05, 0) is 6.42 Å². The van der Waals surface area contributed by atoms with E-state index in [4.69, 9.17) is 5.73 Å². The third-order valence-corrected chi connectivity index (χ3v) is 3.90. The average molecular weight is 282 g/mol. The molecule has 1 aromatic heterocycles. The molecular weight excluding hydrogens is 262 g/mol. The van der Waals surface area contributed by atoms with Gasteiger partial charge in [-0.2, -0.15) is 5.10 Å². The summed E-state index contributed by atoms with van der Waals surface area (Å²) in [6.45, 7) is 4.39. The number of hydrogen-bond acceptors (Lipinski definition) is 4. The first-order valence-electron chi connectivity index (χ1n) is 6.75. The standard InChI is InChI=1S/C12H19N5O3/c1-3-9-11(16(19)20)10(12(13)18)14-15(9)8-17(2)6-4-5-7-17/h3-8H2,1-2H3,(H-,13,18)/p+1. The molecule has 1 amide bonds. The Labute approximate surface area is 116 Å². The predicted octanol–water partition coefficient (Wildman–Crippen LogP) is 0.650. The molecule has 0 aliphatic carbocycles. The molecule has 1 aromatic rings. The zero-order valence-electron chi connectivity index (χ0n) is 11.8. The number of primary amides is 1. The highest BCUT2D eigenvalue weighted by Gasteiger charge is 2.34. The second-order valence-corrected chi connectivity index (χ2v) is 5.53. The third-order valence-electron chi connectivity index (χ3n) is 3.90. The quantitative estimate of drug-likeness (QED) is 0.486. The molecule has 8 nitrogen and oxygen atoms in total. The molecule has 0 unspecified atom stereocenters. The van der Waals surface area contributed by atoms with E-state index >= 15 is 0 Å². The van der Waals surface area contributed by atoms with Gasteiger partial charge in [-0.1, -0.05) is 6.92 Å². The number of quaternary nitrogens is 1. The van der Waals surface area contributed by atoms with Crippen LogP contribution in [0.25, 0.3) is 0 Å². The van der Waals surface area contributed by atoms with Crippen molar-refractivity contribution in [1.82, 2.24) is 9.78 Å². The summed E-state index contributed by atoms with van der Waals surface area (Å²) in [6, 6.07) is 0. The average Bonchev–Trinajstić information content (AvgIpc) is 2.93. The summed E-state index contributed by atoms with van der Waals surface area (Å²) in [7, 11) is 2.10. The molecule has 2 heterocycles. The van der Waals surface area contributed by atoms with Crippen molar-refractivity contribution < 1.29 is 14.2 Å². The summed E-state index contributed by atoms with van der Waals surface area (Å²) in [5.74, 6) is -0.853. The Kier molecular flexibility index (Phi) is 3.76. The maximum Gasteiger partial charge on any atom is 0.323 e. The zero-order valence-corrected chi connectivity index (χ0v) is 11.8. The van der Waals surface area contributed by atoms with Crippen molar-refractivity contribution in [3.8, 4) is 0 Å². The molecule has 8 heteroatoms. The number of carbonyl (C=O) groups excluding carboxylic acids is 1. The number of nitro groups is 1. The minimum absolute atomic E-state index is 0.238. The van der Waals surface area contributed by atoms with E-state index in [0.29, 0.717) is 18.8 Å². The fraction of sp³-hybridized carbons (Fsp3) is 0.667. The maximum atomic E-state index is 11.4. The van der Waals surface area contributed by atoms with Crippen LogP contribution in [-0.2, 0) is 13.1 Å². The van der Waals surface area contributed by atoms with Crippen LogP contribution in [0.2, 0.25) is 0 Å². The van der Waals surface area contributed by atoms with Crippen LogP contribution in [0.3, 0.4) is 0 Å². The van der Waals surface area contributed by atoms with E-state index in [1.807, 2.05) is 6.92 Å². The first-order valence-corrected chi connectivity index (χ1v) is 6.75. The second kappa shape index (κ2) is 5.20. The highest BCUT2D eigenvalue weighted by atomic mass is 16.6. The Bertz CT molecular complexity index is 546. The topological polar surface area (TPSA) is 104 Å². The maximum absolute atomic E-state index is 11.4. The van der Waals surface area contributed by atoms with Gasteiger partial charge in [-0.15, -0.1) is 0 Å². The molecule has 2 rings (SSSR count). The second-order valence-electron chi connectivity index (χ2n) is 5.53. The lowest BCUT2D eigenvalue weighted by molar-refractivity contribution is -0.920. The van der Waals surface area contributed by atoms with E-state index in [1.165, 1.54) is 0 Å². The molecule has 2 N–H and O–H groups in total. The SMILES string of the molecule is CCc1c([N+](=O)[O-])c(C(N)=O)nn1C[N+]1(C)CCCC1.